The average Bonchev–Trinajstić information content (AvgIpc) is 3.22. The van der Waals surface area contributed by atoms with Crippen LogP contribution in [0.2, 0.25) is 0 Å². The predicted molar refractivity (Wildman–Crippen MR) is 141 cm³/mol. The van der Waals surface area contributed by atoms with Crippen molar-refractivity contribution >= 4 is 17.5 Å². The highest BCUT2D eigenvalue weighted by molar-refractivity contribution is 5.79. The number of nitrogens with one attached hydrogen (secondary N) is 2. The maximum atomic E-state index is 12.3. The van der Waals surface area contributed by atoms with E-state index in [1.165, 1.54) is 22.3 Å². The van der Waals surface area contributed by atoms with Crippen molar-refractivity contribution in [2.24, 2.45) is 0 Å². The van der Waals surface area contributed by atoms with E-state index in [9.17, 15) is 4.79 Å². The van der Waals surface area contributed by atoms with Crippen LogP contribution in [0.3, 0.4) is 0 Å². The Morgan fingerprint density at radius 3 is 2.17 bits per heavy atom. The molecule has 0 unspecified atom stereocenters. The molecule has 4 aromatic carbocycles. The lowest BCUT2D eigenvalue weighted by Gasteiger charge is -2.14. The molecule has 0 saturated heterocycles. The number of rotatable bonds is 6. The number of fused-ring (bicyclic) bond motifs is 3. The van der Waals surface area contributed by atoms with Crippen LogP contribution in [0.15, 0.2) is 103 Å². The quantitative estimate of drug-likeness (QED) is 0.249. The van der Waals surface area contributed by atoms with Crippen molar-refractivity contribution in [2.45, 2.75) is 12.3 Å². The number of ether oxygens (including phenoxy) is 1. The first-order valence-electron chi connectivity index (χ1n) is 11.8. The Hall–Kier alpha value is -4.49. The molecule has 0 fully saturated rings. The fraction of sp³-hybridized carbons (Fsp3) is 0.129. The van der Waals surface area contributed by atoms with Crippen LogP contribution in [0, 0.1) is 11.8 Å². The van der Waals surface area contributed by atoms with Crippen LogP contribution in [0.5, 0.6) is 0 Å². The Bertz CT molecular complexity index is 1340. The van der Waals surface area contributed by atoms with Crippen molar-refractivity contribution in [2.75, 3.05) is 18.5 Å². The largest absolute Gasteiger partial charge is 0.449 e. The van der Waals surface area contributed by atoms with Crippen LogP contribution in [-0.2, 0) is 4.74 Å². The lowest BCUT2D eigenvalue weighted by Crippen LogP contribution is -2.26. The van der Waals surface area contributed by atoms with E-state index in [2.05, 4.69) is 46.7 Å². The molecule has 172 valence electrons. The molecule has 4 nitrogen and oxygen atoms in total. The van der Waals surface area contributed by atoms with E-state index >= 15 is 0 Å². The van der Waals surface area contributed by atoms with E-state index in [4.69, 9.17) is 4.74 Å². The van der Waals surface area contributed by atoms with Crippen molar-refractivity contribution in [3.05, 3.63) is 120 Å². The minimum Gasteiger partial charge on any atom is -0.449 e. The molecule has 4 heteroatoms. The van der Waals surface area contributed by atoms with E-state index in [1.54, 1.807) is 0 Å². The third kappa shape index (κ3) is 5.37. The van der Waals surface area contributed by atoms with Gasteiger partial charge in [-0.15, -0.1) is 0 Å². The highest BCUT2D eigenvalue weighted by Crippen LogP contribution is 2.44. The topological polar surface area (TPSA) is 50.4 Å². The Labute approximate surface area is 206 Å². The third-order valence-electron chi connectivity index (χ3n) is 6.02. The number of benzene rings is 4. The van der Waals surface area contributed by atoms with E-state index in [-0.39, 0.29) is 5.92 Å². The lowest BCUT2D eigenvalue weighted by molar-refractivity contribution is 0.143. The molecule has 1 aliphatic carbocycles. The first kappa shape index (κ1) is 22.3. The second-order valence-corrected chi connectivity index (χ2v) is 8.38. The molecule has 5 rings (SSSR count). The van der Waals surface area contributed by atoms with Gasteiger partial charge >= 0.3 is 6.09 Å². The van der Waals surface area contributed by atoms with Gasteiger partial charge < -0.3 is 15.4 Å². The van der Waals surface area contributed by atoms with E-state index < -0.39 is 6.09 Å². The zero-order valence-corrected chi connectivity index (χ0v) is 19.3. The molecule has 0 atom stereocenters. The zero-order valence-electron chi connectivity index (χ0n) is 19.3. The third-order valence-corrected chi connectivity index (χ3v) is 6.02. The molecule has 0 radical (unpaired) electrons. The van der Waals surface area contributed by atoms with E-state index in [0.29, 0.717) is 19.6 Å². The number of hydrogen-bond acceptors (Lipinski definition) is 3. The maximum absolute atomic E-state index is 12.3. The Kier molecular flexibility index (Phi) is 6.77. The second-order valence-electron chi connectivity index (χ2n) is 8.38. The number of carbonyl (C=O) groups excluding carboxylic acids is 1. The van der Waals surface area contributed by atoms with Crippen LogP contribution in [0.4, 0.5) is 16.2 Å². The standard InChI is InChI=1S/C31H26N2O2/c34-31(35-22-30-28-18-6-4-16-26(28)27-17-5-7-19-29(27)30)32-20-9-8-11-23-12-10-15-25(21-23)33-24-13-2-1-3-14-24/h1-7,10,12-19,21,30,33H,9,20,22H2,(H,32,34). The van der Waals surface area contributed by atoms with Gasteiger partial charge in [0.15, 0.2) is 0 Å². The number of hydrogen-bond donors (Lipinski definition) is 2. The minimum atomic E-state index is -0.414. The van der Waals surface area contributed by atoms with E-state index in [1.807, 2.05) is 78.9 Å². The van der Waals surface area contributed by atoms with Gasteiger partial charge in [0.2, 0.25) is 0 Å². The van der Waals surface area contributed by atoms with Gasteiger partial charge in [-0.2, -0.15) is 0 Å². The van der Waals surface area contributed by atoms with Gasteiger partial charge in [-0.1, -0.05) is 84.6 Å². The number of anilines is 2. The Balaban J connectivity index is 1.10. The molecule has 0 bridgehead atoms. The van der Waals surface area contributed by atoms with Gasteiger partial charge in [0.1, 0.15) is 6.61 Å². The molecular formula is C31H26N2O2. The minimum absolute atomic E-state index is 0.0599. The van der Waals surface area contributed by atoms with Crippen LogP contribution in [-0.4, -0.2) is 19.2 Å². The number of amides is 1. The van der Waals surface area contributed by atoms with Crippen molar-refractivity contribution in [3.63, 3.8) is 0 Å². The summed E-state index contributed by atoms with van der Waals surface area (Å²) in [7, 11) is 0. The molecule has 1 aliphatic rings. The fourth-order valence-corrected chi connectivity index (χ4v) is 4.40. The van der Waals surface area contributed by atoms with Crippen LogP contribution >= 0.6 is 0 Å². The molecular weight excluding hydrogens is 432 g/mol. The van der Waals surface area contributed by atoms with Gasteiger partial charge in [0, 0.05) is 35.8 Å². The Morgan fingerprint density at radius 2 is 1.43 bits per heavy atom. The van der Waals surface area contributed by atoms with Gasteiger partial charge in [-0.05, 0) is 52.6 Å². The first-order chi connectivity index (χ1) is 17.3. The fourth-order valence-electron chi connectivity index (χ4n) is 4.40. The summed E-state index contributed by atoms with van der Waals surface area (Å²) in [4.78, 5) is 12.3. The summed E-state index contributed by atoms with van der Waals surface area (Å²) >= 11 is 0. The molecule has 0 heterocycles. The summed E-state index contributed by atoms with van der Waals surface area (Å²) in [5, 5.41) is 6.18. The lowest BCUT2D eigenvalue weighted by atomic mass is 9.98. The molecule has 0 saturated carbocycles. The van der Waals surface area contributed by atoms with Crippen LogP contribution in [0.1, 0.15) is 29.0 Å². The van der Waals surface area contributed by atoms with Crippen molar-refractivity contribution in [1.29, 1.82) is 0 Å². The molecule has 2 N–H and O–H groups in total. The SMILES string of the molecule is O=C(NCCC#Cc1cccc(Nc2ccccc2)c1)OCC1c2ccccc2-c2ccccc21. The van der Waals surface area contributed by atoms with Crippen LogP contribution in [0.25, 0.3) is 11.1 Å². The molecule has 35 heavy (non-hydrogen) atoms. The normalized spacial score (nSPS) is 11.5. The monoisotopic (exact) mass is 458 g/mol. The Morgan fingerprint density at radius 1 is 0.771 bits per heavy atom. The summed E-state index contributed by atoms with van der Waals surface area (Å²) in [5.74, 6) is 6.34. The zero-order chi connectivity index (χ0) is 23.9. The average molecular weight is 459 g/mol. The smallest absolute Gasteiger partial charge is 0.407 e. The highest BCUT2D eigenvalue weighted by atomic mass is 16.5. The number of para-hydroxylation sites is 1. The summed E-state index contributed by atoms with van der Waals surface area (Å²) in [6.45, 7) is 0.748. The highest BCUT2D eigenvalue weighted by Gasteiger charge is 2.28. The summed E-state index contributed by atoms with van der Waals surface area (Å²) < 4.78 is 5.57. The van der Waals surface area contributed by atoms with Gasteiger partial charge in [0.25, 0.3) is 0 Å². The van der Waals surface area contributed by atoms with Crippen molar-refractivity contribution < 1.29 is 9.53 Å². The number of alkyl carbamates (subject to hydrolysis) is 1. The maximum Gasteiger partial charge on any atom is 0.407 e. The molecule has 4 aromatic rings. The molecule has 0 aromatic heterocycles. The summed E-state index contributed by atoms with van der Waals surface area (Å²) in [6.07, 6.45) is 0.128. The molecule has 1 amide bonds. The van der Waals surface area contributed by atoms with Gasteiger partial charge in [-0.25, -0.2) is 4.79 Å². The second kappa shape index (κ2) is 10.6. The van der Waals surface area contributed by atoms with E-state index in [0.717, 1.165) is 16.9 Å². The predicted octanol–water partition coefficient (Wildman–Crippen LogP) is 6.71. The number of carbonyl (C=O) groups is 1. The van der Waals surface area contributed by atoms with Gasteiger partial charge in [0.05, 0.1) is 0 Å². The van der Waals surface area contributed by atoms with Gasteiger partial charge in [-0.3, -0.25) is 0 Å². The first-order valence-corrected chi connectivity index (χ1v) is 11.8. The van der Waals surface area contributed by atoms with Crippen molar-refractivity contribution in [1.82, 2.24) is 5.32 Å². The van der Waals surface area contributed by atoms with Crippen molar-refractivity contribution in [3.8, 4) is 23.0 Å². The molecule has 0 aliphatic heterocycles. The summed E-state index contributed by atoms with van der Waals surface area (Å²) in [6, 6.07) is 34.6. The summed E-state index contributed by atoms with van der Waals surface area (Å²) in [5.41, 5.74) is 7.79. The van der Waals surface area contributed by atoms with Crippen LogP contribution < -0.4 is 10.6 Å². The molecule has 0 spiro atoms.